The molecule has 0 aromatic heterocycles. The fourth-order valence-corrected chi connectivity index (χ4v) is 2.90. The molecule has 0 atom stereocenters. The fourth-order valence-electron chi connectivity index (χ4n) is 2.90. The van der Waals surface area contributed by atoms with Crippen molar-refractivity contribution in [2.75, 3.05) is 13.2 Å². The SMILES string of the molecule is CCCc1c(OCCCCOc2ccc(CC#N)cc2)ccc(C(C)=O)c1O. The quantitative estimate of drug-likeness (QED) is 0.444. The van der Waals surface area contributed by atoms with Crippen molar-refractivity contribution in [1.29, 1.82) is 5.26 Å². The molecule has 0 amide bonds. The van der Waals surface area contributed by atoms with Crippen LogP contribution >= 0.6 is 0 Å². The number of Topliss-reactive ketones (excluding diaryl/α,β-unsaturated/α-hetero) is 1. The summed E-state index contributed by atoms with van der Waals surface area (Å²) in [6.07, 6.45) is 3.56. The molecule has 28 heavy (non-hydrogen) atoms. The molecule has 0 saturated carbocycles. The van der Waals surface area contributed by atoms with Gasteiger partial charge in [0.25, 0.3) is 0 Å². The molecule has 2 aromatic carbocycles. The summed E-state index contributed by atoms with van der Waals surface area (Å²) < 4.78 is 11.5. The van der Waals surface area contributed by atoms with Crippen molar-refractivity contribution in [1.82, 2.24) is 0 Å². The van der Waals surface area contributed by atoms with Crippen LogP contribution in [0.3, 0.4) is 0 Å². The smallest absolute Gasteiger partial charge is 0.163 e. The number of aromatic hydroxyl groups is 1. The molecule has 0 saturated heterocycles. The minimum Gasteiger partial charge on any atom is -0.507 e. The van der Waals surface area contributed by atoms with Crippen LogP contribution in [0.1, 0.15) is 54.6 Å². The topological polar surface area (TPSA) is 79.5 Å². The third-order valence-corrected chi connectivity index (χ3v) is 4.39. The maximum absolute atomic E-state index is 11.6. The molecule has 0 radical (unpaired) electrons. The van der Waals surface area contributed by atoms with Crippen molar-refractivity contribution in [3.05, 3.63) is 53.1 Å². The van der Waals surface area contributed by atoms with Gasteiger partial charge in [-0.05, 0) is 56.0 Å². The van der Waals surface area contributed by atoms with Crippen LogP contribution in [0.2, 0.25) is 0 Å². The van der Waals surface area contributed by atoms with Crippen LogP contribution in [0.5, 0.6) is 17.2 Å². The van der Waals surface area contributed by atoms with Gasteiger partial charge in [-0.2, -0.15) is 5.26 Å². The molecule has 0 aliphatic carbocycles. The van der Waals surface area contributed by atoms with E-state index in [1.54, 1.807) is 12.1 Å². The number of carbonyl (C=O) groups is 1. The van der Waals surface area contributed by atoms with Gasteiger partial charge >= 0.3 is 0 Å². The van der Waals surface area contributed by atoms with Gasteiger partial charge in [0, 0.05) is 5.56 Å². The van der Waals surface area contributed by atoms with Crippen LogP contribution in [-0.4, -0.2) is 24.1 Å². The summed E-state index contributed by atoms with van der Waals surface area (Å²) in [7, 11) is 0. The summed E-state index contributed by atoms with van der Waals surface area (Å²) >= 11 is 0. The van der Waals surface area contributed by atoms with Crippen LogP contribution in [-0.2, 0) is 12.8 Å². The number of hydrogen-bond donors (Lipinski definition) is 1. The molecule has 148 valence electrons. The number of hydrogen-bond acceptors (Lipinski definition) is 5. The Balaban J connectivity index is 1.79. The van der Waals surface area contributed by atoms with Crippen molar-refractivity contribution in [2.24, 2.45) is 0 Å². The zero-order valence-corrected chi connectivity index (χ0v) is 16.5. The predicted molar refractivity (Wildman–Crippen MR) is 108 cm³/mol. The summed E-state index contributed by atoms with van der Waals surface area (Å²) in [6.45, 7) is 4.56. The first kappa shape index (κ1) is 21.3. The van der Waals surface area contributed by atoms with E-state index in [2.05, 4.69) is 6.07 Å². The highest BCUT2D eigenvalue weighted by Gasteiger charge is 2.15. The number of phenols is 1. The zero-order chi connectivity index (χ0) is 20.4. The van der Waals surface area contributed by atoms with Crippen LogP contribution < -0.4 is 9.47 Å². The number of phenolic OH excluding ortho intramolecular Hbond substituents is 1. The van der Waals surface area contributed by atoms with Gasteiger partial charge in [-0.25, -0.2) is 0 Å². The number of unbranched alkanes of at least 4 members (excludes halogenated alkanes) is 1. The van der Waals surface area contributed by atoms with Crippen LogP contribution in [0.15, 0.2) is 36.4 Å². The molecule has 0 aliphatic rings. The summed E-state index contributed by atoms with van der Waals surface area (Å²) in [4.78, 5) is 11.6. The van der Waals surface area contributed by atoms with E-state index < -0.39 is 0 Å². The van der Waals surface area contributed by atoms with Gasteiger partial charge in [0.15, 0.2) is 5.78 Å². The van der Waals surface area contributed by atoms with Crippen molar-refractivity contribution in [2.45, 2.75) is 46.0 Å². The highest BCUT2D eigenvalue weighted by atomic mass is 16.5. The van der Waals surface area contributed by atoms with E-state index in [9.17, 15) is 9.90 Å². The number of ether oxygens (including phenoxy) is 2. The predicted octanol–water partition coefficient (Wildman–Crippen LogP) is 4.85. The number of nitriles is 1. The highest BCUT2D eigenvalue weighted by molar-refractivity contribution is 5.97. The second-order valence-corrected chi connectivity index (χ2v) is 6.63. The van der Waals surface area contributed by atoms with E-state index in [0.29, 0.717) is 42.9 Å². The second-order valence-electron chi connectivity index (χ2n) is 6.63. The molecule has 0 heterocycles. The third kappa shape index (κ3) is 6.02. The first-order chi connectivity index (χ1) is 13.6. The fraction of sp³-hybridized carbons (Fsp3) is 0.391. The molecule has 0 spiro atoms. The average Bonchev–Trinajstić information content (AvgIpc) is 2.68. The average molecular weight is 381 g/mol. The molecular weight excluding hydrogens is 354 g/mol. The molecule has 2 aromatic rings. The van der Waals surface area contributed by atoms with Gasteiger partial charge in [0.1, 0.15) is 17.2 Å². The Bertz CT molecular complexity index is 822. The standard InChI is InChI=1S/C23H27NO4/c1-3-6-21-22(12-11-20(17(2)25)23(21)26)28-16-5-4-15-27-19-9-7-18(8-10-19)13-14-24/h7-12,26H,3-6,13,15-16H2,1-2H3. The van der Waals surface area contributed by atoms with E-state index in [4.69, 9.17) is 14.7 Å². The molecule has 5 nitrogen and oxygen atoms in total. The Kier molecular flexibility index (Phi) is 8.36. The maximum atomic E-state index is 11.6. The van der Waals surface area contributed by atoms with Gasteiger partial charge in [-0.3, -0.25) is 4.79 Å². The van der Waals surface area contributed by atoms with Gasteiger partial charge in [0.05, 0.1) is 31.3 Å². The van der Waals surface area contributed by atoms with Gasteiger partial charge in [-0.15, -0.1) is 0 Å². The summed E-state index contributed by atoms with van der Waals surface area (Å²) in [5, 5.41) is 19.0. The molecule has 0 unspecified atom stereocenters. The third-order valence-electron chi connectivity index (χ3n) is 4.39. The molecule has 0 aliphatic heterocycles. The van der Waals surface area contributed by atoms with Crippen molar-refractivity contribution < 1.29 is 19.4 Å². The van der Waals surface area contributed by atoms with Crippen molar-refractivity contribution in [3.63, 3.8) is 0 Å². The number of benzene rings is 2. The first-order valence-electron chi connectivity index (χ1n) is 9.64. The number of ketones is 1. The summed E-state index contributed by atoms with van der Waals surface area (Å²) in [6, 6.07) is 13.0. The minimum atomic E-state index is -0.154. The van der Waals surface area contributed by atoms with E-state index in [1.165, 1.54) is 6.92 Å². The molecule has 0 fully saturated rings. The van der Waals surface area contributed by atoms with Crippen LogP contribution in [0.4, 0.5) is 0 Å². The van der Waals surface area contributed by atoms with Gasteiger partial charge < -0.3 is 14.6 Å². The minimum absolute atomic E-state index is 0.0371. The van der Waals surface area contributed by atoms with Crippen LogP contribution in [0.25, 0.3) is 0 Å². The van der Waals surface area contributed by atoms with Crippen molar-refractivity contribution >= 4 is 5.78 Å². The van der Waals surface area contributed by atoms with Crippen molar-refractivity contribution in [3.8, 4) is 23.3 Å². The Hall–Kier alpha value is -3.00. The van der Waals surface area contributed by atoms with E-state index >= 15 is 0 Å². The lowest BCUT2D eigenvalue weighted by Crippen LogP contribution is -2.05. The Morgan fingerprint density at radius 1 is 1.07 bits per heavy atom. The lowest BCUT2D eigenvalue weighted by atomic mass is 10.0. The normalized spacial score (nSPS) is 10.3. The molecule has 5 heteroatoms. The zero-order valence-electron chi connectivity index (χ0n) is 16.5. The van der Waals surface area contributed by atoms with E-state index in [-0.39, 0.29) is 11.5 Å². The maximum Gasteiger partial charge on any atom is 0.163 e. The number of rotatable bonds is 11. The molecular formula is C23H27NO4. The summed E-state index contributed by atoms with van der Waals surface area (Å²) in [5.74, 6) is 1.31. The number of carbonyl (C=O) groups excluding carboxylic acids is 1. The lowest BCUT2D eigenvalue weighted by Gasteiger charge is -2.14. The van der Waals surface area contributed by atoms with Crippen LogP contribution in [0, 0.1) is 11.3 Å². The molecule has 2 rings (SSSR count). The molecule has 0 bridgehead atoms. The summed E-state index contributed by atoms with van der Waals surface area (Å²) in [5.41, 5.74) is 2.01. The van der Waals surface area contributed by atoms with E-state index in [0.717, 1.165) is 30.6 Å². The van der Waals surface area contributed by atoms with Gasteiger partial charge in [-0.1, -0.05) is 25.5 Å². The van der Waals surface area contributed by atoms with E-state index in [1.807, 2.05) is 31.2 Å². The lowest BCUT2D eigenvalue weighted by molar-refractivity contribution is 0.101. The Morgan fingerprint density at radius 3 is 2.36 bits per heavy atom. The molecule has 1 N–H and O–H groups in total. The monoisotopic (exact) mass is 381 g/mol. The largest absolute Gasteiger partial charge is 0.507 e. The Labute approximate surface area is 166 Å². The highest BCUT2D eigenvalue weighted by Crippen LogP contribution is 2.33. The Morgan fingerprint density at radius 2 is 1.75 bits per heavy atom. The second kappa shape index (κ2) is 11.0. The first-order valence-corrected chi connectivity index (χ1v) is 9.64. The number of nitrogens with zero attached hydrogens (tertiary/aromatic N) is 1. The van der Waals surface area contributed by atoms with Gasteiger partial charge in [0.2, 0.25) is 0 Å².